The van der Waals surface area contributed by atoms with Crippen LogP contribution in [0.2, 0.25) is 0 Å². The molecule has 0 aliphatic carbocycles. The molecule has 2 atom stereocenters. The van der Waals surface area contributed by atoms with Crippen molar-refractivity contribution in [3.05, 3.63) is 46.9 Å². The summed E-state index contributed by atoms with van der Waals surface area (Å²) in [5.41, 5.74) is 1.16. The fraction of sp³-hybridized carbons (Fsp3) is 0.577. The molecule has 1 saturated heterocycles. The minimum Gasteiger partial charge on any atom is -0.463 e. The molecule has 198 valence electrons. The zero-order chi connectivity index (χ0) is 26.6. The van der Waals surface area contributed by atoms with Gasteiger partial charge in [-0.25, -0.2) is 18.8 Å². The molecule has 2 N–H and O–H groups in total. The number of halogens is 1. The van der Waals surface area contributed by atoms with Crippen molar-refractivity contribution in [2.24, 2.45) is 0 Å². The van der Waals surface area contributed by atoms with Crippen LogP contribution in [0.25, 0.3) is 0 Å². The molecule has 10 heteroatoms. The molecule has 1 aromatic rings. The average Bonchev–Trinajstić information content (AvgIpc) is 2.78. The highest BCUT2D eigenvalue weighted by molar-refractivity contribution is 5.95. The van der Waals surface area contributed by atoms with Crippen LogP contribution in [0.1, 0.15) is 53.1 Å². The number of nitrogens with zero attached hydrogens (tertiary/aromatic N) is 3. The van der Waals surface area contributed by atoms with Gasteiger partial charge in [0.25, 0.3) is 0 Å². The number of ether oxygens (including phenoxy) is 1. The first-order chi connectivity index (χ1) is 16.9. The standard InChI is InChI=1S/C26H38FN5O4/c1-7-31-20(16-30-13-14-32(17(3)15-30)25(35)29-26(4,5)6)21(23(33)36-8-2)22(28-24(31)34)18-9-11-19(27)12-10-18/h9-12,17,22H,7-8,13-16H2,1-6H3,(H,28,34)(H,29,35)/t17-,22+/m1/s1. The van der Waals surface area contributed by atoms with E-state index in [1.165, 1.54) is 12.1 Å². The summed E-state index contributed by atoms with van der Waals surface area (Å²) in [6, 6.07) is 4.48. The first-order valence-corrected chi connectivity index (χ1v) is 12.5. The first-order valence-electron chi connectivity index (χ1n) is 12.5. The summed E-state index contributed by atoms with van der Waals surface area (Å²) in [6.45, 7) is 14.0. The van der Waals surface area contributed by atoms with Crippen LogP contribution < -0.4 is 10.6 Å². The zero-order valence-corrected chi connectivity index (χ0v) is 22.1. The number of nitrogens with one attached hydrogen (secondary N) is 2. The van der Waals surface area contributed by atoms with Gasteiger partial charge in [-0.3, -0.25) is 9.80 Å². The van der Waals surface area contributed by atoms with Gasteiger partial charge in [-0.2, -0.15) is 0 Å². The van der Waals surface area contributed by atoms with Gasteiger partial charge < -0.3 is 20.3 Å². The van der Waals surface area contributed by atoms with Gasteiger partial charge in [0.15, 0.2) is 0 Å². The van der Waals surface area contributed by atoms with Crippen molar-refractivity contribution in [3.63, 3.8) is 0 Å². The Hall–Kier alpha value is -3.14. The van der Waals surface area contributed by atoms with Crippen LogP contribution in [0.4, 0.5) is 14.0 Å². The molecule has 0 bridgehead atoms. The molecule has 0 radical (unpaired) electrons. The van der Waals surface area contributed by atoms with E-state index in [1.54, 1.807) is 24.0 Å². The van der Waals surface area contributed by atoms with Gasteiger partial charge in [-0.05, 0) is 59.2 Å². The van der Waals surface area contributed by atoms with E-state index < -0.39 is 17.8 Å². The summed E-state index contributed by atoms with van der Waals surface area (Å²) < 4.78 is 19.0. The number of urea groups is 2. The second kappa shape index (κ2) is 11.3. The summed E-state index contributed by atoms with van der Waals surface area (Å²) >= 11 is 0. The zero-order valence-electron chi connectivity index (χ0n) is 22.1. The maximum atomic E-state index is 13.6. The highest BCUT2D eigenvalue weighted by atomic mass is 19.1. The lowest BCUT2D eigenvalue weighted by atomic mass is 9.94. The van der Waals surface area contributed by atoms with Crippen LogP contribution in [-0.2, 0) is 9.53 Å². The van der Waals surface area contributed by atoms with Crippen LogP contribution in [0, 0.1) is 5.82 Å². The fourth-order valence-electron chi connectivity index (χ4n) is 4.65. The minimum atomic E-state index is -0.758. The van der Waals surface area contributed by atoms with Gasteiger partial charge in [0.1, 0.15) is 5.82 Å². The van der Waals surface area contributed by atoms with Gasteiger partial charge in [0, 0.05) is 50.0 Å². The number of hydrogen-bond acceptors (Lipinski definition) is 5. The van der Waals surface area contributed by atoms with Crippen molar-refractivity contribution in [2.75, 3.05) is 39.3 Å². The monoisotopic (exact) mass is 503 g/mol. The van der Waals surface area contributed by atoms with Crippen molar-refractivity contribution in [2.45, 2.75) is 59.2 Å². The Balaban J connectivity index is 1.92. The molecule has 3 rings (SSSR count). The number of piperazine rings is 1. The van der Waals surface area contributed by atoms with Crippen LogP contribution in [0.5, 0.6) is 0 Å². The maximum Gasteiger partial charge on any atom is 0.338 e. The van der Waals surface area contributed by atoms with Gasteiger partial charge >= 0.3 is 18.0 Å². The number of amides is 4. The number of carbonyl (C=O) groups excluding carboxylic acids is 3. The molecule has 4 amide bonds. The molecule has 1 fully saturated rings. The van der Waals surface area contributed by atoms with Gasteiger partial charge in [0.2, 0.25) is 0 Å². The van der Waals surface area contributed by atoms with Crippen molar-refractivity contribution in [1.29, 1.82) is 0 Å². The molecular weight excluding hydrogens is 465 g/mol. The Morgan fingerprint density at radius 2 is 1.83 bits per heavy atom. The average molecular weight is 504 g/mol. The SMILES string of the molecule is CCOC(=O)C1=C(CN2CCN(C(=O)NC(C)(C)C)[C@H](C)C2)N(CC)C(=O)N[C@H]1c1ccc(F)cc1. The van der Waals surface area contributed by atoms with E-state index in [2.05, 4.69) is 15.5 Å². The normalized spacial score (nSPS) is 21.4. The third-order valence-electron chi connectivity index (χ3n) is 6.28. The molecule has 0 spiro atoms. The van der Waals surface area contributed by atoms with Crippen LogP contribution in [-0.4, -0.2) is 83.6 Å². The number of likely N-dealkylation sites (N-methyl/N-ethyl adjacent to an activating group) is 1. The van der Waals surface area contributed by atoms with Crippen molar-refractivity contribution >= 4 is 18.0 Å². The molecule has 9 nitrogen and oxygen atoms in total. The van der Waals surface area contributed by atoms with E-state index in [9.17, 15) is 18.8 Å². The molecular formula is C26H38FN5O4. The summed E-state index contributed by atoms with van der Waals surface area (Å²) in [4.78, 5) is 44.5. The molecule has 0 unspecified atom stereocenters. The number of rotatable bonds is 6. The Morgan fingerprint density at radius 1 is 1.17 bits per heavy atom. The topological polar surface area (TPSA) is 94.2 Å². The predicted octanol–water partition coefficient (Wildman–Crippen LogP) is 3.24. The van der Waals surface area contributed by atoms with E-state index in [-0.39, 0.29) is 30.2 Å². The molecule has 36 heavy (non-hydrogen) atoms. The number of hydrogen-bond donors (Lipinski definition) is 2. The van der Waals surface area contributed by atoms with E-state index in [0.717, 1.165) is 0 Å². The Kier molecular flexibility index (Phi) is 8.60. The molecule has 1 aromatic carbocycles. The second-order valence-electron chi connectivity index (χ2n) is 10.2. The third-order valence-corrected chi connectivity index (χ3v) is 6.28. The van der Waals surface area contributed by atoms with Crippen LogP contribution >= 0.6 is 0 Å². The molecule has 0 aromatic heterocycles. The molecule has 0 saturated carbocycles. The van der Waals surface area contributed by atoms with Crippen LogP contribution in [0.15, 0.2) is 35.5 Å². The van der Waals surface area contributed by atoms with Gasteiger partial charge in [0.05, 0.1) is 18.2 Å². The molecule has 2 aliphatic heterocycles. The Morgan fingerprint density at radius 3 is 2.39 bits per heavy atom. The lowest BCUT2D eigenvalue weighted by Crippen LogP contribution is -2.59. The van der Waals surface area contributed by atoms with E-state index in [1.807, 2.05) is 39.5 Å². The Labute approximate surface area is 212 Å². The predicted molar refractivity (Wildman–Crippen MR) is 135 cm³/mol. The summed E-state index contributed by atoms with van der Waals surface area (Å²) in [6.07, 6.45) is 0. The van der Waals surface area contributed by atoms with E-state index in [0.29, 0.717) is 49.6 Å². The Bertz CT molecular complexity index is 1000. The second-order valence-corrected chi connectivity index (χ2v) is 10.2. The van der Waals surface area contributed by atoms with Gasteiger partial charge in [-0.15, -0.1) is 0 Å². The summed E-state index contributed by atoms with van der Waals surface area (Å²) in [5, 5.41) is 5.90. The lowest BCUT2D eigenvalue weighted by molar-refractivity contribution is -0.139. The number of benzene rings is 1. The quantitative estimate of drug-likeness (QED) is 0.582. The van der Waals surface area contributed by atoms with Crippen molar-refractivity contribution < 1.29 is 23.5 Å². The summed E-state index contributed by atoms with van der Waals surface area (Å²) in [5.74, 6) is -0.920. The molecule has 2 heterocycles. The maximum absolute atomic E-state index is 13.6. The number of carbonyl (C=O) groups is 3. The third kappa shape index (κ3) is 6.34. The van der Waals surface area contributed by atoms with Crippen molar-refractivity contribution in [3.8, 4) is 0 Å². The largest absolute Gasteiger partial charge is 0.463 e. The van der Waals surface area contributed by atoms with Crippen molar-refractivity contribution in [1.82, 2.24) is 25.3 Å². The van der Waals surface area contributed by atoms with E-state index >= 15 is 0 Å². The smallest absolute Gasteiger partial charge is 0.338 e. The summed E-state index contributed by atoms with van der Waals surface area (Å²) in [7, 11) is 0. The lowest BCUT2D eigenvalue weighted by Gasteiger charge is -2.43. The first kappa shape index (κ1) is 27.4. The highest BCUT2D eigenvalue weighted by Gasteiger charge is 2.39. The minimum absolute atomic E-state index is 0.0619. The number of esters is 1. The highest BCUT2D eigenvalue weighted by Crippen LogP contribution is 2.32. The fourth-order valence-corrected chi connectivity index (χ4v) is 4.65. The van der Waals surface area contributed by atoms with Crippen LogP contribution in [0.3, 0.4) is 0 Å². The van der Waals surface area contributed by atoms with E-state index in [4.69, 9.17) is 4.74 Å². The molecule has 2 aliphatic rings. The van der Waals surface area contributed by atoms with Gasteiger partial charge in [-0.1, -0.05) is 12.1 Å².